The maximum atomic E-state index is 12.3. The number of amides is 1. The topological polar surface area (TPSA) is 86.4 Å². The van der Waals surface area contributed by atoms with Gasteiger partial charge >= 0.3 is 0 Å². The summed E-state index contributed by atoms with van der Waals surface area (Å²) in [7, 11) is 1.55. The fourth-order valence-electron chi connectivity index (χ4n) is 1.89. The van der Waals surface area contributed by atoms with E-state index in [2.05, 4.69) is 10.3 Å². The smallest absolute Gasteiger partial charge is 0.265 e. The van der Waals surface area contributed by atoms with Crippen LogP contribution in [0.4, 0.5) is 0 Å². The third-order valence-electron chi connectivity index (χ3n) is 3.10. The second kappa shape index (κ2) is 5.87. The number of fused-ring (bicyclic) bond motifs is 1. The molecule has 2 aromatic heterocycles. The number of rotatable bonds is 5. The molecule has 0 unspecified atom stereocenters. The highest BCUT2D eigenvalue weighted by Crippen LogP contribution is 2.18. The molecule has 0 aliphatic heterocycles. The number of nitrogens with one attached hydrogen (secondary N) is 1. The van der Waals surface area contributed by atoms with Crippen molar-refractivity contribution in [3.05, 3.63) is 28.0 Å². The van der Waals surface area contributed by atoms with Gasteiger partial charge in [0.2, 0.25) is 11.6 Å². The lowest BCUT2D eigenvalue weighted by molar-refractivity contribution is -0.121. The molecule has 0 aliphatic carbocycles. The van der Waals surface area contributed by atoms with Gasteiger partial charge in [0.05, 0.1) is 6.61 Å². The van der Waals surface area contributed by atoms with E-state index in [1.54, 1.807) is 21.0 Å². The van der Waals surface area contributed by atoms with Crippen molar-refractivity contribution in [2.75, 3.05) is 20.3 Å². The Labute approximate surface area is 115 Å². The molecule has 0 radical (unpaired) electrons. The van der Waals surface area contributed by atoms with Crippen LogP contribution in [0.15, 0.2) is 15.5 Å². The van der Waals surface area contributed by atoms with Gasteiger partial charge in [-0.25, -0.2) is 4.98 Å². The summed E-state index contributed by atoms with van der Waals surface area (Å²) in [5.41, 5.74) is 0.791. The number of hydrogen-bond donors (Lipinski definition) is 1. The number of carbonyl (C=O) groups is 1. The minimum atomic E-state index is -0.272. The summed E-state index contributed by atoms with van der Waals surface area (Å²) in [5, 5.41) is 3.08. The number of methoxy groups -OCH3 is 1. The van der Waals surface area contributed by atoms with E-state index in [-0.39, 0.29) is 18.0 Å². The van der Waals surface area contributed by atoms with Crippen LogP contribution < -0.4 is 10.9 Å². The van der Waals surface area contributed by atoms with Gasteiger partial charge in [0, 0.05) is 19.2 Å². The molecule has 0 saturated carbocycles. The Morgan fingerprint density at radius 2 is 2.25 bits per heavy atom. The number of carbonyl (C=O) groups excluding carboxylic acids is 1. The molecule has 7 nitrogen and oxygen atoms in total. The Hall–Kier alpha value is -2.15. The molecular weight excluding hydrogens is 262 g/mol. The third-order valence-corrected chi connectivity index (χ3v) is 3.10. The van der Waals surface area contributed by atoms with Crippen LogP contribution in [0.3, 0.4) is 0 Å². The SMILES string of the molecule is COCCNC(=O)Cn1cnc2oc(C)c(C)c2c1=O. The number of furan rings is 1. The molecule has 1 N–H and O–H groups in total. The zero-order chi connectivity index (χ0) is 14.7. The standard InChI is InChI=1S/C13H17N3O4/c1-8-9(2)20-12-11(8)13(18)16(7-15-12)6-10(17)14-4-5-19-3/h7H,4-6H2,1-3H3,(H,14,17). The van der Waals surface area contributed by atoms with E-state index in [1.165, 1.54) is 10.9 Å². The second-order valence-corrected chi connectivity index (χ2v) is 4.48. The number of aryl methyl sites for hydroxylation is 2. The fourth-order valence-corrected chi connectivity index (χ4v) is 1.89. The van der Waals surface area contributed by atoms with E-state index < -0.39 is 0 Å². The van der Waals surface area contributed by atoms with Gasteiger partial charge in [0.25, 0.3) is 5.56 Å². The van der Waals surface area contributed by atoms with Gasteiger partial charge in [-0.1, -0.05) is 0 Å². The van der Waals surface area contributed by atoms with Gasteiger partial charge in [0.15, 0.2) is 0 Å². The summed E-state index contributed by atoms with van der Waals surface area (Å²) < 4.78 is 11.5. The monoisotopic (exact) mass is 279 g/mol. The molecule has 7 heteroatoms. The first-order valence-corrected chi connectivity index (χ1v) is 6.25. The zero-order valence-corrected chi connectivity index (χ0v) is 11.7. The molecule has 20 heavy (non-hydrogen) atoms. The molecule has 108 valence electrons. The third kappa shape index (κ3) is 2.72. The van der Waals surface area contributed by atoms with E-state index in [4.69, 9.17) is 9.15 Å². The highest BCUT2D eigenvalue weighted by atomic mass is 16.5. The zero-order valence-electron chi connectivity index (χ0n) is 11.7. The van der Waals surface area contributed by atoms with Crippen molar-refractivity contribution in [2.45, 2.75) is 20.4 Å². The van der Waals surface area contributed by atoms with E-state index in [0.29, 0.717) is 30.0 Å². The molecule has 2 aromatic rings. The number of ether oxygens (including phenoxy) is 1. The first kappa shape index (κ1) is 14.3. The first-order chi connectivity index (χ1) is 9.54. The predicted molar refractivity (Wildman–Crippen MR) is 72.6 cm³/mol. The molecule has 0 atom stereocenters. The summed E-state index contributed by atoms with van der Waals surface area (Å²) >= 11 is 0. The Morgan fingerprint density at radius 1 is 1.50 bits per heavy atom. The highest BCUT2D eigenvalue weighted by Gasteiger charge is 2.14. The van der Waals surface area contributed by atoms with Crippen LogP contribution in [0.1, 0.15) is 11.3 Å². The quantitative estimate of drug-likeness (QED) is 0.799. The van der Waals surface area contributed by atoms with E-state index in [1.807, 2.05) is 0 Å². The number of hydrogen-bond acceptors (Lipinski definition) is 5. The molecular formula is C13H17N3O4. The van der Waals surface area contributed by atoms with Crippen LogP contribution in [-0.2, 0) is 16.1 Å². The average molecular weight is 279 g/mol. The minimum Gasteiger partial charge on any atom is -0.443 e. The molecule has 0 saturated heterocycles. The summed E-state index contributed by atoms with van der Waals surface area (Å²) in [5.74, 6) is 0.398. The van der Waals surface area contributed by atoms with Crippen LogP contribution in [0, 0.1) is 13.8 Å². The highest BCUT2D eigenvalue weighted by molar-refractivity contribution is 5.79. The molecule has 1 amide bonds. The van der Waals surface area contributed by atoms with E-state index >= 15 is 0 Å². The molecule has 0 bridgehead atoms. The van der Waals surface area contributed by atoms with Crippen LogP contribution >= 0.6 is 0 Å². The van der Waals surface area contributed by atoms with Crippen LogP contribution in [0.5, 0.6) is 0 Å². The van der Waals surface area contributed by atoms with Crippen LogP contribution in [0.25, 0.3) is 11.1 Å². The number of aromatic nitrogens is 2. The second-order valence-electron chi connectivity index (χ2n) is 4.48. The fraction of sp³-hybridized carbons (Fsp3) is 0.462. The summed E-state index contributed by atoms with van der Waals surface area (Å²) in [6.45, 7) is 4.34. The van der Waals surface area contributed by atoms with Crippen molar-refractivity contribution in [1.29, 1.82) is 0 Å². The Kier molecular flexibility index (Phi) is 4.19. The van der Waals surface area contributed by atoms with E-state index in [9.17, 15) is 9.59 Å². The number of nitrogens with zero attached hydrogens (tertiary/aromatic N) is 2. The normalized spacial score (nSPS) is 10.9. The Bertz CT molecular complexity index is 687. The Balaban J connectivity index is 2.23. The largest absolute Gasteiger partial charge is 0.443 e. The minimum absolute atomic E-state index is 0.0743. The van der Waals surface area contributed by atoms with Crippen molar-refractivity contribution in [1.82, 2.24) is 14.9 Å². The predicted octanol–water partition coefficient (Wildman–Crippen LogP) is 0.369. The molecule has 0 spiro atoms. The molecule has 2 heterocycles. The molecule has 2 rings (SSSR count). The lowest BCUT2D eigenvalue weighted by Gasteiger charge is -2.06. The van der Waals surface area contributed by atoms with Crippen molar-refractivity contribution in [2.24, 2.45) is 0 Å². The summed E-state index contributed by atoms with van der Waals surface area (Å²) in [6.07, 6.45) is 1.32. The molecule has 0 aromatic carbocycles. The van der Waals surface area contributed by atoms with Crippen molar-refractivity contribution in [3.8, 4) is 0 Å². The van der Waals surface area contributed by atoms with E-state index in [0.717, 1.165) is 5.56 Å². The van der Waals surface area contributed by atoms with Gasteiger partial charge in [-0.15, -0.1) is 0 Å². The molecule has 0 fully saturated rings. The Morgan fingerprint density at radius 3 is 2.95 bits per heavy atom. The first-order valence-electron chi connectivity index (χ1n) is 6.25. The van der Waals surface area contributed by atoms with Gasteiger partial charge in [-0.05, 0) is 13.8 Å². The van der Waals surface area contributed by atoms with Gasteiger partial charge in [0.1, 0.15) is 24.0 Å². The van der Waals surface area contributed by atoms with Gasteiger partial charge < -0.3 is 14.5 Å². The lowest BCUT2D eigenvalue weighted by Crippen LogP contribution is -2.34. The van der Waals surface area contributed by atoms with Crippen LogP contribution in [0.2, 0.25) is 0 Å². The van der Waals surface area contributed by atoms with Crippen molar-refractivity contribution in [3.63, 3.8) is 0 Å². The lowest BCUT2D eigenvalue weighted by atomic mass is 10.2. The van der Waals surface area contributed by atoms with Crippen LogP contribution in [-0.4, -0.2) is 35.7 Å². The maximum absolute atomic E-state index is 12.3. The van der Waals surface area contributed by atoms with Crippen molar-refractivity contribution < 1.29 is 13.9 Å². The molecule has 0 aliphatic rings. The summed E-state index contributed by atoms with van der Waals surface area (Å²) in [4.78, 5) is 28.0. The van der Waals surface area contributed by atoms with Crippen molar-refractivity contribution >= 4 is 17.0 Å². The van der Waals surface area contributed by atoms with Gasteiger partial charge in [-0.3, -0.25) is 14.2 Å². The summed E-state index contributed by atoms with van der Waals surface area (Å²) in [6, 6.07) is 0. The average Bonchev–Trinajstić information content (AvgIpc) is 2.70. The van der Waals surface area contributed by atoms with Gasteiger partial charge in [-0.2, -0.15) is 0 Å². The maximum Gasteiger partial charge on any atom is 0.265 e.